The molecule has 1 aromatic carbocycles. The van der Waals surface area contributed by atoms with Gasteiger partial charge in [-0.3, -0.25) is 4.68 Å². The summed E-state index contributed by atoms with van der Waals surface area (Å²) in [6.45, 7) is 4.52. The first-order chi connectivity index (χ1) is 9.76. The Morgan fingerprint density at radius 3 is 2.29 bits per heavy atom. The van der Waals surface area contributed by atoms with Gasteiger partial charge in [0.15, 0.2) is 0 Å². The fourth-order valence-electron chi connectivity index (χ4n) is 2.04. The molecule has 0 atom stereocenters. The summed E-state index contributed by atoms with van der Waals surface area (Å²) in [5, 5.41) is 7.53. The van der Waals surface area contributed by atoms with Crippen molar-refractivity contribution >= 4 is 17.4 Å². The minimum atomic E-state index is -4.25. The van der Waals surface area contributed by atoms with Crippen molar-refractivity contribution in [2.45, 2.75) is 30.8 Å². The largest absolute Gasteiger partial charge is 0.446 e. The van der Waals surface area contributed by atoms with Crippen LogP contribution in [0.2, 0.25) is 0 Å². The highest BCUT2D eigenvalue weighted by Crippen LogP contribution is 2.37. The van der Waals surface area contributed by atoms with Crippen molar-refractivity contribution in [3.63, 3.8) is 0 Å². The van der Waals surface area contributed by atoms with Crippen molar-refractivity contribution in [3.8, 4) is 0 Å². The minimum absolute atomic E-state index is 0.109. The van der Waals surface area contributed by atoms with Crippen LogP contribution in [-0.4, -0.2) is 15.3 Å². The van der Waals surface area contributed by atoms with Gasteiger partial charge in [0.25, 0.3) is 0 Å². The first-order valence-electron chi connectivity index (χ1n) is 6.35. The highest BCUT2D eigenvalue weighted by molar-refractivity contribution is 8.00. The summed E-state index contributed by atoms with van der Waals surface area (Å²) in [5.74, 6) is 0. The molecule has 1 N–H and O–H groups in total. The number of thioether (sulfide) groups is 1. The molecular formula is C14H16F3N3S. The zero-order chi connectivity index (χ0) is 15.6. The molecule has 0 aliphatic rings. The maximum atomic E-state index is 12.2. The summed E-state index contributed by atoms with van der Waals surface area (Å²) in [4.78, 5) is 0.182. The Hall–Kier alpha value is -1.63. The Morgan fingerprint density at radius 2 is 1.81 bits per heavy atom. The molecule has 0 aliphatic heterocycles. The van der Waals surface area contributed by atoms with Gasteiger partial charge in [0.05, 0.1) is 5.69 Å². The molecule has 2 aromatic rings. The molecule has 21 heavy (non-hydrogen) atoms. The SMILES string of the molecule is Cc1nn(C)c(C)c1CNc1ccc(SC(F)(F)F)cc1. The van der Waals surface area contributed by atoms with E-state index in [1.807, 2.05) is 25.6 Å². The highest BCUT2D eigenvalue weighted by Gasteiger charge is 2.28. The molecule has 114 valence electrons. The van der Waals surface area contributed by atoms with E-state index in [9.17, 15) is 13.2 Å². The lowest BCUT2D eigenvalue weighted by molar-refractivity contribution is -0.0328. The number of nitrogens with one attached hydrogen (secondary N) is 1. The first-order valence-corrected chi connectivity index (χ1v) is 7.16. The van der Waals surface area contributed by atoms with Crippen molar-refractivity contribution in [1.29, 1.82) is 0 Å². The van der Waals surface area contributed by atoms with E-state index in [1.54, 1.807) is 12.1 Å². The topological polar surface area (TPSA) is 29.9 Å². The fourth-order valence-corrected chi connectivity index (χ4v) is 2.58. The number of rotatable bonds is 4. The molecule has 0 saturated heterocycles. The van der Waals surface area contributed by atoms with Gasteiger partial charge in [-0.15, -0.1) is 0 Å². The number of anilines is 1. The van der Waals surface area contributed by atoms with Crippen molar-refractivity contribution in [3.05, 3.63) is 41.2 Å². The summed E-state index contributed by atoms with van der Waals surface area (Å²) >= 11 is -0.109. The van der Waals surface area contributed by atoms with Crippen LogP contribution in [0.5, 0.6) is 0 Å². The lowest BCUT2D eigenvalue weighted by Crippen LogP contribution is -2.02. The maximum absolute atomic E-state index is 12.2. The second-order valence-electron chi connectivity index (χ2n) is 4.70. The molecule has 0 saturated carbocycles. The van der Waals surface area contributed by atoms with Gasteiger partial charge in [-0.25, -0.2) is 0 Å². The molecule has 2 rings (SSSR count). The van der Waals surface area contributed by atoms with Gasteiger partial charge in [0.2, 0.25) is 0 Å². The quantitative estimate of drug-likeness (QED) is 0.855. The Kier molecular flexibility index (Phi) is 4.51. The third-order valence-corrected chi connectivity index (χ3v) is 3.96. The Morgan fingerprint density at radius 1 is 1.19 bits per heavy atom. The van der Waals surface area contributed by atoms with Crippen molar-refractivity contribution in [1.82, 2.24) is 9.78 Å². The molecule has 0 amide bonds. The lowest BCUT2D eigenvalue weighted by atomic mass is 10.2. The monoisotopic (exact) mass is 315 g/mol. The Labute approximate surface area is 125 Å². The normalized spacial score (nSPS) is 11.7. The number of halogens is 3. The number of hydrogen-bond acceptors (Lipinski definition) is 3. The standard InChI is InChI=1S/C14H16F3N3S/c1-9-13(10(2)20(3)19-9)8-18-11-4-6-12(7-5-11)21-14(15,16)17/h4-7,18H,8H2,1-3H3. The van der Waals surface area contributed by atoms with E-state index in [2.05, 4.69) is 10.4 Å². The predicted molar refractivity (Wildman–Crippen MR) is 78.4 cm³/mol. The van der Waals surface area contributed by atoms with E-state index < -0.39 is 5.51 Å². The average Bonchev–Trinajstić information content (AvgIpc) is 2.61. The number of nitrogens with zero attached hydrogens (tertiary/aromatic N) is 2. The molecule has 0 fully saturated rings. The van der Waals surface area contributed by atoms with E-state index in [4.69, 9.17) is 0 Å². The number of benzene rings is 1. The Balaban J connectivity index is 2.01. The molecule has 7 heteroatoms. The number of aromatic nitrogens is 2. The van der Waals surface area contributed by atoms with Gasteiger partial charge < -0.3 is 5.32 Å². The van der Waals surface area contributed by atoms with E-state index in [0.717, 1.165) is 22.6 Å². The van der Waals surface area contributed by atoms with Crippen molar-refractivity contribution in [2.75, 3.05) is 5.32 Å². The minimum Gasteiger partial charge on any atom is -0.381 e. The molecule has 3 nitrogen and oxygen atoms in total. The summed E-state index contributed by atoms with van der Waals surface area (Å²) in [5.41, 5.74) is -0.342. The van der Waals surface area contributed by atoms with Crippen LogP contribution in [0.1, 0.15) is 17.0 Å². The third-order valence-electron chi connectivity index (χ3n) is 3.22. The highest BCUT2D eigenvalue weighted by atomic mass is 32.2. The number of alkyl halides is 3. The van der Waals surface area contributed by atoms with Crippen LogP contribution >= 0.6 is 11.8 Å². The van der Waals surface area contributed by atoms with Crippen LogP contribution in [0.15, 0.2) is 29.2 Å². The second kappa shape index (κ2) is 6.01. The number of aryl methyl sites for hydroxylation is 2. The van der Waals surface area contributed by atoms with E-state index in [-0.39, 0.29) is 16.7 Å². The van der Waals surface area contributed by atoms with Gasteiger partial charge in [0.1, 0.15) is 0 Å². The summed E-state index contributed by atoms with van der Waals surface area (Å²) < 4.78 is 38.5. The molecular weight excluding hydrogens is 299 g/mol. The summed E-state index contributed by atoms with van der Waals surface area (Å²) in [7, 11) is 1.88. The third kappa shape index (κ3) is 4.17. The second-order valence-corrected chi connectivity index (χ2v) is 5.84. The van der Waals surface area contributed by atoms with E-state index in [1.165, 1.54) is 12.1 Å². The fraction of sp³-hybridized carbons (Fsp3) is 0.357. The molecule has 0 aliphatic carbocycles. The zero-order valence-corrected chi connectivity index (χ0v) is 12.8. The zero-order valence-electron chi connectivity index (χ0n) is 12.0. The molecule has 0 bridgehead atoms. The van der Waals surface area contributed by atoms with E-state index in [0.29, 0.717) is 6.54 Å². The van der Waals surface area contributed by atoms with Crippen LogP contribution < -0.4 is 5.32 Å². The van der Waals surface area contributed by atoms with E-state index >= 15 is 0 Å². The summed E-state index contributed by atoms with van der Waals surface area (Å²) in [6.07, 6.45) is 0. The van der Waals surface area contributed by atoms with Crippen LogP contribution in [0, 0.1) is 13.8 Å². The van der Waals surface area contributed by atoms with Gasteiger partial charge >= 0.3 is 5.51 Å². The summed E-state index contributed by atoms with van der Waals surface area (Å²) in [6, 6.07) is 6.22. The van der Waals surface area contributed by atoms with Gasteiger partial charge in [-0.2, -0.15) is 18.3 Å². The molecule has 0 radical (unpaired) electrons. The van der Waals surface area contributed by atoms with Crippen LogP contribution in [0.3, 0.4) is 0 Å². The predicted octanol–water partition coefficient (Wildman–Crippen LogP) is 4.26. The van der Waals surface area contributed by atoms with Crippen LogP contribution in [0.25, 0.3) is 0 Å². The van der Waals surface area contributed by atoms with Crippen molar-refractivity contribution in [2.24, 2.45) is 7.05 Å². The molecule has 0 spiro atoms. The number of hydrogen-bond donors (Lipinski definition) is 1. The lowest BCUT2D eigenvalue weighted by Gasteiger charge is -2.09. The van der Waals surface area contributed by atoms with Crippen molar-refractivity contribution < 1.29 is 13.2 Å². The van der Waals surface area contributed by atoms with Gasteiger partial charge in [-0.05, 0) is 49.9 Å². The smallest absolute Gasteiger partial charge is 0.381 e. The maximum Gasteiger partial charge on any atom is 0.446 e. The van der Waals surface area contributed by atoms with Crippen LogP contribution in [0.4, 0.5) is 18.9 Å². The van der Waals surface area contributed by atoms with Gasteiger partial charge in [-0.1, -0.05) is 0 Å². The molecule has 1 heterocycles. The molecule has 1 aromatic heterocycles. The Bertz CT molecular complexity index is 618. The first kappa shape index (κ1) is 15.8. The average molecular weight is 315 g/mol. The van der Waals surface area contributed by atoms with Crippen LogP contribution in [-0.2, 0) is 13.6 Å². The van der Waals surface area contributed by atoms with Gasteiger partial charge in [0, 0.05) is 35.4 Å². The molecule has 0 unspecified atom stereocenters.